The van der Waals surface area contributed by atoms with Crippen molar-refractivity contribution in [1.82, 2.24) is 10.0 Å². The topological polar surface area (TPSA) is 67.4 Å². The lowest BCUT2D eigenvalue weighted by atomic mass is 9.81. The molecule has 0 atom stereocenters. The maximum atomic E-state index is 12.5. The van der Waals surface area contributed by atoms with Crippen LogP contribution in [0.2, 0.25) is 0 Å². The first-order valence-electron chi connectivity index (χ1n) is 8.74. The lowest BCUT2D eigenvalue weighted by Gasteiger charge is -2.34. The van der Waals surface area contributed by atoms with Gasteiger partial charge in [-0.2, -0.15) is 0 Å². The van der Waals surface area contributed by atoms with Crippen LogP contribution in [0.15, 0.2) is 29.2 Å². The second-order valence-electron chi connectivity index (χ2n) is 7.39. The van der Waals surface area contributed by atoms with Crippen molar-refractivity contribution in [2.45, 2.75) is 44.9 Å². The van der Waals surface area contributed by atoms with Crippen molar-refractivity contribution in [3.63, 3.8) is 0 Å². The zero-order valence-electron chi connectivity index (χ0n) is 15.4. The molecule has 2 N–H and O–H groups in total. The zero-order chi connectivity index (χ0) is 17.6. The Bertz CT molecular complexity index is 612. The van der Waals surface area contributed by atoms with Crippen LogP contribution in [-0.4, -0.2) is 34.7 Å². The summed E-state index contributed by atoms with van der Waals surface area (Å²) in [7, 11) is -3.47. The Balaban J connectivity index is 0.00000312. The lowest BCUT2D eigenvalue weighted by molar-refractivity contribution is 0.232. The van der Waals surface area contributed by atoms with Gasteiger partial charge < -0.3 is 10.1 Å². The van der Waals surface area contributed by atoms with Crippen LogP contribution in [0.5, 0.6) is 5.75 Å². The Labute approximate surface area is 158 Å². The number of hydrogen-bond donors (Lipinski definition) is 2. The minimum absolute atomic E-state index is 0. The van der Waals surface area contributed by atoms with Gasteiger partial charge in [0.15, 0.2) is 0 Å². The molecule has 1 aromatic carbocycles. The van der Waals surface area contributed by atoms with Crippen LogP contribution in [0.3, 0.4) is 0 Å². The van der Waals surface area contributed by atoms with E-state index in [0.29, 0.717) is 24.8 Å². The summed E-state index contributed by atoms with van der Waals surface area (Å²) < 4.78 is 33.3. The van der Waals surface area contributed by atoms with E-state index in [1.807, 2.05) is 0 Å². The SMILES string of the molecule is CC(C)CCOc1ccc(S(=O)(=O)NCC2(C)CCNCC2)cc1.Cl. The molecule has 25 heavy (non-hydrogen) atoms. The second kappa shape index (κ2) is 9.76. The van der Waals surface area contributed by atoms with Crippen LogP contribution >= 0.6 is 12.4 Å². The molecule has 0 aromatic heterocycles. The molecule has 0 spiro atoms. The van der Waals surface area contributed by atoms with E-state index in [1.165, 1.54) is 0 Å². The zero-order valence-corrected chi connectivity index (χ0v) is 17.0. The van der Waals surface area contributed by atoms with E-state index in [1.54, 1.807) is 24.3 Å². The van der Waals surface area contributed by atoms with Crippen molar-refractivity contribution in [2.24, 2.45) is 11.3 Å². The summed E-state index contributed by atoms with van der Waals surface area (Å²) in [6.07, 6.45) is 2.95. The number of ether oxygens (including phenoxy) is 1. The molecule has 1 aliphatic heterocycles. The summed E-state index contributed by atoms with van der Waals surface area (Å²) in [4.78, 5) is 0.288. The number of piperidine rings is 1. The summed E-state index contributed by atoms with van der Waals surface area (Å²) in [5, 5.41) is 3.31. The third kappa shape index (κ3) is 7.13. The highest BCUT2D eigenvalue weighted by molar-refractivity contribution is 7.89. The molecular formula is C18H31ClN2O3S. The van der Waals surface area contributed by atoms with E-state index < -0.39 is 10.0 Å². The van der Waals surface area contributed by atoms with Crippen molar-refractivity contribution >= 4 is 22.4 Å². The van der Waals surface area contributed by atoms with Crippen LogP contribution in [-0.2, 0) is 10.0 Å². The standard InChI is InChI=1S/C18H30N2O3S.ClH/c1-15(2)8-13-23-16-4-6-17(7-5-16)24(21,22)20-14-18(3)9-11-19-12-10-18;/h4-7,15,19-20H,8-14H2,1-3H3;1H. The summed E-state index contributed by atoms with van der Waals surface area (Å²) in [5.41, 5.74) is 0.0260. The Hall–Kier alpha value is -0.820. The van der Waals surface area contributed by atoms with Gasteiger partial charge in [0.05, 0.1) is 11.5 Å². The number of nitrogens with one attached hydrogen (secondary N) is 2. The molecular weight excluding hydrogens is 360 g/mol. The maximum Gasteiger partial charge on any atom is 0.240 e. The molecule has 144 valence electrons. The molecule has 1 saturated heterocycles. The molecule has 1 aliphatic rings. The van der Waals surface area contributed by atoms with Crippen LogP contribution in [0.4, 0.5) is 0 Å². The van der Waals surface area contributed by atoms with Gasteiger partial charge in [-0.25, -0.2) is 13.1 Å². The third-order valence-electron chi connectivity index (χ3n) is 4.60. The smallest absolute Gasteiger partial charge is 0.240 e. The van der Waals surface area contributed by atoms with E-state index in [-0.39, 0.29) is 22.7 Å². The van der Waals surface area contributed by atoms with Gasteiger partial charge in [-0.05, 0) is 68.0 Å². The predicted octanol–water partition coefficient (Wildman–Crippen LogP) is 3.20. The van der Waals surface area contributed by atoms with E-state index in [9.17, 15) is 8.42 Å². The summed E-state index contributed by atoms with van der Waals surface area (Å²) in [5.74, 6) is 1.30. The third-order valence-corrected chi connectivity index (χ3v) is 6.01. The second-order valence-corrected chi connectivity index (χ2v) is 9.15. The first kappa shape index (κ1) is 22.2. The van der Waals surface area contributed by atoms with E-state index >= 15 is 0 Å². The first-order chi connectivity index (χ1) is 11.3. The van der Waals surface area contributed by atoms with Crippen LogP contribution in [0, 0.1) is 11.3 Å². The van der Waals surface area contributed by atoms with Crippen molar-refractivity contribution in [1.29, 1.82) is 0 Å². The van der Waals surface area contributed by atoms with Crippen LogP contribution in [0.25, 0.3) is 0 Å². The van der Waals surface area contributed by atoms with Gasteiger partial charge in [0.1, 0.15) is 5.75 Å². The molecule has 0 saturated carbocycles. The fourth-order valence-corrected chi connectivity index (χ4v) is 3.89. The van der Waals surface area contributed by atoms with Crippen molar-refractivity contribution in [2.75, 3.05) is 26.2 Å². The quantitative estimate of drug-likeness (QED) is 0.715. The average Bonchev–Trinajstić information content (AvgIpc) is 2.54. The fraction of sp³-hybridized carbons (Fsp3) is 0.667. The van der Waals surface area contributed by atoms with E-state index in [0.717, 1.165) is 32.4 Å². The van der Waals surface area contributed by atoms with Gasteiger partial charge in [0, 0.05) is 6.54 Å². The minimum atomic E-state index is -3.47. The Morgan fingerprint density at radius 1 is 1.20 bits per heavy atom. The highest BCUT2D eigenvalue weighted by Gasteiger charge is 2.28. The summed E-state index contributed by atoms with van der Waals surface area (Å²) in [6.45, 7) is 9.45. The minimum Gasteiger partial charge on any atom is -0.494 e. The Morgan fingerprint density at radius 2 is 1.80 bits per heavy atom. The predicted molar refractivity (Wildman–Crippen MR) is 104 cm³/mol. The number of sulfonamides is 1. The molecule has 5 nitrogen and oxygen atoms in total. The molecule has 0 unspecified atom stereocenters. The van der Waals surface area contributed by atoms with Crippen LogP contribution in [0.1, 0.15) is 40.0 Å². The highest BCUT2D eigenvalue weighted by atomic mass is 35.5. The highest BCUT2D eigenvalue weighted by Crippen LogP contribution is 2.27. The van der Waals surface area contributed by atoms with Crippen molar-refractivity contribution in [3.05, 3.63) is 24.3 Å². The van der Waals surface area contributed by atoms with Crippen LogP contribution < -0.4 is 14.8 Å². The van der Waals surface area contributed by atoms with Gasteiger partial charge >= 0.3 is 0 Å². The molecule has 1 heterocycles. The number of rotatable bonds is 8. The molecule has 2 rings (SSSR count). The van der Waals surface area contributed by atoms with Crippen molar-refractivity contribution in [3.8, 4) is 5.75 Å². The van der Waals surface area contributed by atoms with Gasteiger partial charge in [-0.3, -0.25) is 0 Å². The monoisotopic (exact) mass is 390 g/mol. The molecule has 0 bridgehead atoms. The molecule has 1 aromatic rings. The van der Waals surface area contributed by atoms with Gasteiger partial charge in [0.2, 0.25) is 10.0 Å². The average molecular weight is 391 g/mol. The number of benzene rings is 1. The van der Waals surface area contributed by atoms with Gasteiger partial charge in [-0.1, -0.05) is 20.8 Å². The molecule has 1 fully saturated rings. The normalized spacial score (nSPS) is 17.1. The van der Waals surface area contributed by atoms with Gasteiger partial charge in [0.25, 0.3) is 0 Å². The Kier molecular flexibility index (Phi) is 8.68. The van der Waals surface area contributed by atoms with Gasteiger partial charge in [-0.15, -0.1) is 12.4 Å². The van der Waals surface area contributed by atoms with Crippen molar-refractivity contribution < 1.29 is 13.2 Å². The number of hydrogen-bond acceptors (Lipinski definition) is 4. The fourth-order valence-electron chi connectivity index (χ4n) is 2.69. The van der Waals surface area contributed by atoms with E-state index in [2.05, 4.69) is 30.8 Å². The Morgan fingerprint density at radius 3 is 2.36 bits per heavy atom. The lowest BCUT2D eigenvalue weighted by Crippen LogP contribution is -2.42. The first-order valence-corrected chi connectivity index (χ1v) is 10.2. The summed E-state index contributed by atoms with van der Waals surface area (Å²) >= 11 is 0. The number of halogens is 1. The molecule has 7 heteroatoms. The molecule has 0 radical (unpaired) electrons. The maximum absolute atomic E-state index is 12.5. The van der Waals surface area contributed by atoms with E-state index in [4.69, 9.17) is 4.74 Å². The molecule has 0 aliphatic carbocycles. The summed E-state index contributed by atoms with van der Waals surface area (Å²) in [6, 6.07) is 6.66. The molecule has 0 amide bonds. The largest absolute Gasteiger partial charge is 0.494 e.